The highest BCUT2D eigenvalue weighted by Crippen LogP contribution is 2.45. The van der Waals surface area contributed by atoms with E-state index >= 15 is 0 Å². The number of aromatic nitrogens is 2. The first-order valence-electron chi connectivity index (χ1n) is 9.46. The molecule has 6 nitrogen and oxygen atoms in total. The van der Waals surface area contributed by atoms with Gasteiger partial charge in [0, 0.05) is 42.2 Å². The molecule has 0 bridgehead atoms. The highest BCUT2D eigenvalue weighted by Gasteiger charge is 2.54. The molecule has 29 heavy (non-hydrogen) atoms. The summed E-state index contributed by atoms with van der Waals surface area (Å²) in [6, 6.07) is 4.52. The Morgan fingerprint density at radius 3 is 2.48 bits per heavy atom. The van der Waals surface area contributed by atoms with Gasteiger partial charge in [0.1, 0.15) is 17.9 Å². The van der Waals surface area contributed by atoms with Crippen LogP contribution < -0.4 is 9.64 Å². The standard InChI is InChI=1S/C19H20F3N5OS/c1-11-12(2)29-17(25-11)27-8-18(9-27)6-26(7-18)16-14-5-13(28-19(20,21)22)3-4-15(14)23-10-24-16/h3-5,10-12H,6-9H2,1-2H3. The number of hydrogen-bond donors (Lipinski definition) is 0. The van der Waals surface area contributed by atoms with Gasteiger partial charge in [-0.3, -0.25) is 4.99 Å². The molecule has 1 spiro atoms. The monoisotopic (exact) mass is 423 g/mol. The Kier molecular flexibility index (Phi) is 4.13. The van der Waals surface area contributed by atoms with Crippen LogP contribution in [0.1, 0.15) is 13.8 Å². The number of anilines is 1. The smallest absolute Gasteiger partial charge is 0.406 e. The SMILES string of the molecule is CC1N=C(N2CC3(C2)CN(c2ncnc4ccc(OC(F)(F)F)cc24)C3)SC1C. The fourth-order valence-electron chi connectivity index (χ4n) is 4.21. The van der Waals surface area contributed by atoms with E-state index in [4.69, 9.17) is 4.99 Å². The van der Waals surface area contributed by atoms with E-state index in [1.807, 2.05) is 11.8 Å². The van der Waals surface area contributed by atoms with Crippen LogP contribution >= 0.6 is 11.8 Å². The lowest BCUT2D eigenvalue weighted by Gasteiger charge is -2.61. The van der Waals surface area contributed by atoms with Crippen molar-refractivity contribution in [1.82, 2.24) is 14.9 Å². The topological polar surface area (TPSA) is 53.9 Å². The maximum atomic E-state index is 12.6. The van der Waals surface area contributed by atoms with E-state index < -0.39 is 6.36 Å². The van der Waals surface area contributed by atoms with Crippen LogP contribution in [-0.4, -0.2) is 63.9 Å². The summed E-state index contributed by atoms with van der Waals surface area (Å²) in [7, 11) is 0. The third kappa shape index (κ3) is 3.37. The molecule has 2 saturated heterocycles. The van der Waals surface area contributed by atoms with Crippen molar-refractivity contribution in [2.45, 2.75) is 31.5 Å². The van der Waals surface area contributed by atoms with Gasteiger partial charge < -0.3 is 14.5 Å². The lowest BCUT2D eigenvalue weighted by molar-refractivity contribution is -0.274. The van der Waals surface area contributed by atoms with Crippen molar-refractivity contribution in [3.05, 3.63) is 24.5 Å². The van der Waals surface area contributed by atoms with Gasteiger partial charge in [-0.2, -0.15) is 0 Å². The van der Waals surface area contributed by atoms with E-state index in [-0.39, 0.29) is 11.2 Å². The summed E-state index contributed by atoms with van der Waals surface area (Å²) in [5, 5.41) is 2.22. The van der Waals surface area contributed by atoms with Gasteiger partial charge in [-0.1, -0.05) is 18.7 Å². The number of alkyl halides is 3. The lowest BCUT2D eigenvalue weighted by Crippen LogP contribution is -2.73. The molecule has 1 aromatic carbocycles. The first kappa shape index (κ1) is 18.8. The number of nitrogens with zero attached hydrogens (tertiary/aromatic N) is 5. The third-order valence-corrected chi connectivity index (χ3v) is 7.12. The van der Waals surface area contributed by atoms with Crippen molar-refractivity contribution >= 4 is 33.7 Å². The second kappa shape index (κ2) is 6.38. The number of amidine groups is 1. The van der Waals surface area contributed by atoms with E-state index in [1.165, 1.54) is 24.5 Å². The largest absolute Gasteiger partial charge is 0.573 e. The minimum absolute atomic E-state index is 0.204. The van der Waals surface area contributed by atoms with E-state index in [0.717, 1.165) is 31.3 Å². The molecular weight excluding hydrogens is 403 g/mol. The molecule has 0 amide bonds. The molecule has 0 N–H and O–H groups in total. The molecule has 0 radical (unpaired) electrons. The number of thioether (sulfide) groups is 1. The first-order chi connectivity index (χ1) is 13.7. The highest BCUT2D eigenvalue weighted by atomic mass is 32.2. The molecule has 4 heterocycles. The number of halogens is 3. The van der Waals surface area contributed by atoms with Crippen LogP contribution in [0, 0.1) is 5.41 Å². The molecule has 0 saturated carbocycles. The second-order valence-electron chi connectivity index (χ2n) is 8.11. The molecule has 1 aromatic heterocycles. The number of ether oxygens (including phenoxy) is 1. The van der Waals surface area contributed by atoms with Crippen molar-refractivity contribution in [3.63, 3.8) is 0 Å². The molecule has 2 unspecified atom stereocenters. The van der Waals surface area contributed by atoms with Crippen LogP contribution in [-0.2, 0) is 0 Å². The fraction of sp³-hybridized carbons (Fsp3) is 0.526. The van der Waals surface area contributed by atoms with Crippen LogP contribution in [0.25, 0.3) is 10.9 Å². The van der Waals surface area contributed by atoms with Gasteiger partial charge in [-0.25, -0.2) is 9.97 Å². The number of benzene rings is 1. The van der Waals surface area contributed by atoms with Crippen LogP contribution in [0.3, 0.4) is 0 Å². The van der Waals surface area contributed by atoms with Crippen LogP contribution in [0.2, 0.25) is 0 Å². The van der Waals surface area contributed by atoms with Crippen molar-refractivity contribution in [2.75, 3.05) is 31.1 Å². The summed E-state index contributed by atoms with van der Waals surface area (Å²) in [6.07, 6.45) is -3.28. The molecule has 10 heteroatoms. The van der Waals surface area contributed by atoms with Gasteiger partial charge in [0.2, 0.25) is 0 Å². The lowest BCUT2D eigenvalue weighted by atomic mass is 9.73. The number of aliphatic imine (C=N–C) groups is 1. The Hall–Kier alpha value is -2.23. The van der Waals surface area contributed by atoms with E-state index in [0.29, 0.717) is 28.0 Å². The van der Waals surface area contributed by atoms with Crippen LogP contribution in [0.15, 0.2) is 29.5 Å². The summed E-state index contributed by atoms with van der Waals surface area (Å²) in [6.45, 7) is 7.90. The Labute approximate surface area is 170 Å². The maximum Gasteiger partial charge on any atom is 0.573 e. The first-order valence-corrected chi connectivity index (χ1v) is 10.3. The number of rotatable bonds is 2. The predicted molar refractivity (Wildman–Crippen MR) is 106 cm³/mol. The minimum Gasteiger partial charge on any atom is -0.406 e. The number of likely N-dealkylation sites (tertiary alicyclic amines) is 1. The van der Waals surface area contributed by atoms with Crippen molar-refractivity contribution in [1.29, 1.82) is 0 Å². The third-order valence-electron chi connectivity index (χ3n) is 5.78. The minimum atomic E-state index is -4.73. The van der Waals surface area contributed by atoms with E-state index in [1.54, 1.807) is 0 Å². The zero-order chi connectivity index (χ0) is 20.4. The van der Waals surface area contributed by atoms with Gasteiger partial charge in [0.15, 0.2) is 5.17 Å². The molecule has 5 rings (SSSR count). The molecule has 3 aliphatic heterocycles. The van der Waals surface area contributed by atoms with Crippen molar-refractivity contribution in [2.24, 2.45) is 10.4 Å². The molecule has 2 fully saturated rings. The van der Waals surface area contributed by atoms with Gasteiger partial charge in [0.25, 0.3) is 0 Å². The van der Waals surface area contributed by atoms with Crippen LogP contribution in [0.4, 0.5) is 19.0 Å². The van der Waals surface area contributed by atoms with Crippen molar-refractivity contribution < 1.29 is 17.9 Å². The Morgan fingerprint density at radius 2 is 1.83 bits per heavy atom. The molecule has 0 aliphatic carbocycles. The van der Waals surface area contributed by atoms with Crippen molar-refractivity contribution in [3.8, 4) is 5.75 Å². The number of fused-ring (bicyclic) bond motifs is 1. The molecule has 154 valence electrons. The van der Waals surface area contributed by atoms with E-state index in [2.05, 4.69) is 38.4 Å². The van der Waals surface area contributed by atoms with Gasteiger partial charge >= 0.3 is 6.36 Å². The molecule has 2 atom stereocenters. The van der Waals surface area contributed by atoms with Gasteiger partial charge in [0.05, 0.1) is 11.6 Å². The highest BCUT2D eigenvalue weighted by molar-refractivity contribution is 8.14. The van der Waals surface area contributed by atoms with Gasteiger partial charge in [-0.05, 0) is 25.1 Å². The van der Waals surface area contributed by atoms with E-state index in [9.17, 15) is 13.2 Å². The molecular formula is C19H20F3N5OS. The van der Waals surface area contributed by atoms with Gasteiger partial charge in [-0.15, -0.1) is 13.2 Å². The summed E-state index contributed by atoms with van der Waals surface area (Å²) in [5.74, 6) is 0.396. The fourth-order valence-corrected chi connectivity index (χ4v) is 5.31. The normalized spacial score (nSPS) is 25.8. The zero-order valence-corrected chi connectivity index (χ0v) is 16.8. The quantitative estimate of drug-likeness (QED) is 0.737. The zero-order valence-electron chi connectivity index (χ0n) is 16.0. The molecule has 2 aromatic rings. The Morgan fingerprint density at radius 1 is 1.10 bits per heavy atom. The summed E-state index contributed by atoms with van der Waals surface area (Å²) >= 11 is 1.83. The Balaban J connectivity index is 1.30. The molecule has 3 aliphatic rings. The predicted octanol–water partition coefficient (Wildman–Crippen LogP) is 3.53. The average molecular weight is 423 g/mol. The maximum absolute atomic E-state index is 12.6. The average Bonchev–Trinajstić information content (AvgIpc) is 2.90. The summed E-state index contributed by atoms with van der Waals surface area (Å²) < 4.78 is 41.8. The second-order valence-corrected chi connectivity index (χ2v) is 9.46. The summed E-state index contributed by atoms with van der Waals surface area (Å²) in [5.41, 5.74) is 0.801. The van der Waals surface area contributed by atoms with Crippen LogP contribution in [0.5, 0.6) is 5.75 Å². The summed E-state index contributed by atoms with van der Waals surface area (Å²) in [4.78, 5) is 17.7. The number of hydrogen-bond acceptors (Lipinski definition) is 7. The Bertz CT molecular complexity index is 983.